The maximum atomic E-state index is 12.6. The Balaban J connectivity index is 1.65. The van der Waals surface area contributed by atoms with Crippen molar-refractivity contribution in [3.8, 4) is 0 Å². The van der Waals surface area contributed by atoms with E-state index in [4.69, 9.17) is 5.11 Å². The molecule has 0 bridgehead atoms. The monoisotopic (exact) mass is 492 g/mol. The molecule has 9 heteroatoms. The number of aromatic carboxylic acids is 2. The molecule has 3 rings (SSSR count). The number of carboxylic acid groups (broad SMARTS) is 2. The number of carbonyl (C=O) groups excluding carboxylic acids is 2. The van der Waals surface area contributed by atoms with Gasteiger partial charge in [0.15, 0.2) is 0 Å². The standard InChI is InChI=1S/C26H24N2O6S/c1-14-5-4-6-22(15(14)2)28-23(29)16(3)35-19-10-8-18(9-11-19)27-24(30)20-12-7-17(25(31)32)13-21(20)26(33)34/h4-13,16H,1-3H3,(H,27,30)(H,28,29)(H,31,32)(H,33,34). The van der Waals surface area contributed by atoms with Gasteiger partial charge in [0.05, 0.1) is 21.9 Å². The lowest BCUT2D eigenvalue weighted by Crippen LogP contribution is -2.22. The van der Waals surface area contributed by atoms with Gasteiger partial charge >= 0.3 is 11.9 Å². The van der Waals surface area contributed by atoms with Gasteiger partial charge in [0.1, 0.15) is 0 Å². The van der Waals surface area contributed by atoms with Crippen molar-refractivity contribution in [2.24, 2.45) is 0 Å². The van der Waals surface area contributed by atoms with Crippen molar-refractivity contribution in [2.45, 2.75) is 30.9 Å². The lowest BCUT2D eigenvalue weighted by molar-refractivity contribution is -0.115. The fourth-order valence-corrected chi connectivity index (χ4v) is 4.11. The highest BCUT2D eigenvalue weighted by Gasteiger charge is 2.20. The van der Waals surface area contributed by atoms with E-state index in [1.54, 1.807) is 31.2 Å². The summed E-state index contributed by atoms with van der Waals surface area (Å²) in [6.45, 7) is 5.74. The lowest BCUT2D eigenvalue weighted by atomic mass is 10.0. The van der Waals surface area contributed by atoms with Gasteiger partial charge in [-0.15, -0.1) is 11.8 Å². The van der Waals surface area contributed by atoms with Crippen LogP contribution in [0.15, 0.2) is 65.6 Å². The summed E-state index contributed by atoms with van der Waals surface area (Å²) >= 11 is 1.36. The molecule has 0 aliphatic heterocycles. The van der Waals surface area contributed by atoms with Crippen LogP contribution in [0.3, 0.4) is 0 Å². The van der Waals surface area contributed by atoms with Gasteiger partial charge in [0.2, 0.25) is 5.91 Å². The smallest absolute Gasteiger partial charge is 0.336 e. The normalized spacial score (nSPS) is 11.4. The third-order valence-corrected chi connectivity index (χ3v) is 6.51. The minimum absolute atomic E-state index is 0.132. The number of amides is 2. The molecule has 8 nitrogen and oxygen atoms in total. The van der Waals surface area contributed by atoms with Crippen molar-refractivity contribution in [1.29, 1.82) is 0 Å². The van der Waals surface area contributed by atoms with Gasteiger partial charge in [0.25, 0.3) is 5.91 Å². The molecule has 0 aliphatic rings. The molecule has 35 heavy (non-hydrogen) atoms. The van der Waals surface area contributed by atoms with Crippen LogP contribution in [0.4, 0.5) is 11.4 Å². The topological polar surface area (TPSA) is 133 Å². The molecular formula is C26H24N2O6S. The fraction of sp³-hybridized carbons (Fsp3) is 0.154. The maximum absolute atomic E-state index is 12.6. The zero-order chi connectivity index (χ0) is 25.7. The number of carbonyl (C=O) groups is 4. The van der Waals surface area contributed by atoms with Crippen LogP contribution >= 0.6 is 11.8 Å². The number of hydrogen-bond acceptors (Lipinski definition) is 5. The van der Waals surface area contributed by atoms with Gasteiger partial charge in [-0.05, 0) is 80.4 Å². The number of anilines is 2. The summed E-state index contributed by atoms with van der Waals surface area (Å²) in [6, 6.07) is 15.8. The Labute approximate surface area is 206 Å². The molecule has 4 N–H and O–H groups in total. The van der Waals surface area contributed by atoms with Gasteiger partial charge in [0, 0.05) is 16.3 Å². The predicted octanol–water partition coefficient (Wildman–Crippen LogP) is 5.07. The van der Waals surface area contributed by atoms with Crippen LogP contribution in [-0.4, -0.2) is 39.2 Å². The van der Waals surface area contributed by atoms with Crippen LogP contribution < -0.4 is 10.6 Å². The fourth-order valence-electron chi connectivity index (χ4n) is 3.25. The van der Waals surface area contributed by atoms with Crippen molar-refractivity contribution < 1.29 is 29.4 Å². The van der Waals surface area contributed by atoms with E-state index in [2.05, 4.69) is 10.6 Å². The van der Waals surface area contributed by atoms with E-state index in [0.29, 0.717) is 5.69 Å². The second-order valence-corrected chi connectivity index (χ2v) is 9.26. The molecule has 180 valence electrons. The summed E-state index contributed by atoms with van der Waals surface area (Å²) in [4.78, 5) is 48.7. The molecule has 0 heterocycles. The molecular weight excluding hydrogens is 468 g/mol. The summed E-state index contributed by atoms with van der Waals surface area (Å²) < 4.78 is 0. The Kier molecular flexibility index (Phi) is 7.93. The van der Waals surface area contributed by atoms with Gasteiger partial charge in [-0.25, -0.2) is 9.59 Å². The third-order valence-electron chi connectivity index (χ3n) is 5.40. The minimum Gasteiger partial charge on any atom is -0.478 e. The summed E-state index contributed by atoms with van der Waals surface area (Å²) in [5, 5.41) is 23.6. The van der Waals surface area contributed by atoms with E-state index < -0.39 is 23.4 Å². The SMILES string of the molecule is Cc1cccc(NC(=O)C(C)Sc2ccc(NC(=O)c3ccc(C(=O)O)cc3C(=O)O)cc2)c1C. The average molecular weight is 493 g/mol. The summed E-state index contributed by atoms with van der Waals surface area (Å²) in [6.07, 6.45) is 0. The highest BCUT2D eigenvalue weighted by Crippen LogP contribution is 2.27. The highest BCUT2D eigenvalue weighted by atomic mass is 32.2. The van der Waals surface area contributed by atoms with Crippen molar-refractivity contribution in [2.75, 3.05) is 10.6 Å². The highest BCUT2D eigenvalue weighted by molar-refractivity contribution is 8.00. The molecule has 1 atom stereocenters. The number of aryl methyl sites for hydroxylation is 1. The molecule has 0 radical (unpaired) electrons. The first-order valence-electron chi connectivity index (χ1n) is 10.6. The molecule has 0 aliphatic carbocycles. The molecule has 0 aromatic heterocycles. The van der Waals surface area contributed by atoms with E-state index in [0.717, 1.165) is 27.8 Å². The molecule has 1 unspecified atom stereocenters. The van der Waals surface area contributed by atoms with E-state index in [1.807, 2.05) is 32.0 Å². The van der Waals surface area contributed by atoms with Crippen molar-refractivity contribution in [3.05, 3.63) is 88.5 Å². The molecule has 2 amide bonds. The van der Waals surface area contributed by atoms with Gasteiger partial charge in [-0.1, -0.05) is 12.1 Å². The molecule has 0 fully saturated rings. The zero-order valence-electron chi connectivity index (χ0n) is 19.3. The van der Waals surface area contributed by atoms with E-state index in [9.17, 15) is 24.3 Å². The molecule has 0 saturated carbocycles. The number of thioether (sulfide) groups is 1. The second-order valence-electron chi connectivity index (χ2n) is 7.85. The number of rotatable bonds is 8. The van der Waals surface area contributed by atoms with Crippen molar-refractivity contribution in [1.82, 2.24) is 0 Å². The Morgan fingerprint density at radius 1 is 0.829 bits per heavy atom. The minimum atomic E-state index is -1.40. The van der Waals surface area contributed by atoms with Crippen molar-refractivity contribution >= 4 is 46.9 Å². The second kappa shape index (κ2) is 10.9. The molecule has 3 aromatic rings. The molecule has 0 saturated heterocycles. The van der Waals surface area contributed by atoms with E-state index >= 15 is 0 Å². The van der Waals surface area contributed by atoms with Crippen LogP contribution in [0.5, 0.6) is 0 Å². The summed E-state index contributed by atoms with van der Waals surface area (Å²) in [7, 11) is 0. The van der Waals surface area contributed by atoms with E-state index in [1.165, 1.54) is 23.9 Å². The largest absolute Gasteiger partial charge is 0.478 e. The summed E-state index contributed by atoms with van der Waals surface area (Å²) in [5.41, 5.74) is 2.52. The lowest BCUT2D eigenvalue weighted by Gasteiger charge is -2.15. The average Bonchev–Trinajstić information content (AvgIpc) is 2.82. The maximum Gasteiger partial charge on any atom is 0.336 e. The first-order chi connectivity index (χ1) is 16.6. The number of hydrogen-bond donors (Lipinski definition) is 4. The van der Waals surface area contributed by atoms with Crippen LogP contribution in [0, 0.1) is 13.8 Å². The Morgan fingerprint density at radius 3 is 2.14 bits per heavy atom. The van der Waals surface area contributed by atoms with Crippen LogP contribution in [-0.2, 0) is 4.79 Å². The molecule has 0 spiro atoms. The first-order valence-corrected chi connectivity index (χ1v) is 11.5. The number of benzene rings is 3. The first kappa shape index (κ1) is 25.5. The molecule has 3 aromatic carbocycles. The summed E-state index contributed by atoms with van der Waals surface area (Å²) in [5.74, 6) is -3.50. The van der Waals surface area contributed by atoms with E-state index in [-0.39, 0.29) is 22.3 Å². The van der Waals surface area contributed by atoms with Gasteiger partial charge < -0.3 is 20.8 Å². The predicted molar refractivity (Wildman–Crippen MR) is 135 cm³/mol. The zero-order valence-corrected chi connectivity index (χ0v) is 20.1. The quantitative estimate of drug-likeness (QED) is 0.323. The Morgan fingerprint density at radius 2 is 1.51 bits per heavy atom. The third kappa shape index (κ3) is 6.27. The van der Waals surface area contributed by atoms with Crippen LogP contribution in [0.25, 0.3) is 0 Å². The van der Waals surface area contributed by atoms with Crippen LogP contribution in [0.2, 0.25) is 0 Å². The van der Waals surface area contributed by atoms with Gasteiger partial charge in [-0.2, -0.15) is 0 Å². The van der Waals surface area contributed by atoms with Crippen molar-refractivity contribution in [3.63, 3.8) is 0 Å². The van der Waals surface area contributed by atoms with Crippen LogP contribution in [0.1, 0.15) is 49.1 Å². The number of carboxylic acids is 2. The Hall–Kier alpha value is -4.11. The Bertz CT molecular complexity index is 1300. The number of nitrogens with one attached hydrogen (secondary N) is 2. The van der Waals surface area contributed by atoms with Gasteiger partial charge in [-0.3, -0.25) is 9.59 Å².